The summed E-state index contributed by atoms with van der Waals surface area (Å²) in [4.78, 5) is 33.4. The van der Waals surface area contributed by atoms with Crippen LogP contribution in [0.15, 0.2) is 28.8 Å². The van der Waals surface area contributed by atoms with Crippen molar-refractivity contribution in [2.75, 3.05) is 33.3 Å². The summed E-state index contributed by atoms with van der Waals surface area (Å²) in [5, 5.41) is 4.11. The fraction of sp³-hybridized carbons (Fsp3) is 0.565. The number of likely N-dealkylation sites (tertiary alicyclic amines) is 2. The number of aryl methyl sites for hydroxylation is 1. The smallest absolute Gasteiger partial charge is 0.308 e. The van der Waals surface area contributed by atoms with Crippen LogP contribution in [0.25, 0.3) is 11.4 Å². The molecule has 8 nitrogen and oxygen atoms in total. The van der Waals surface area contributed by atoms with Gasteiger partial charge in [-0.1, -0.05) is 35.0 Å². The van der Waals surface area contributed by atoms with Crippen molar-refractivity contribution < 1.29 is 18.8 Å². The van der Waals surface area contributed by atoms with Crippen LogP contribution in [0.5, 0.6) is 0 Å². The van der Waals surface area contributed by atoms with Gasteiger partial charge in [-0.3, -0.25) is 14.5 Å². The minimum Gasteiger partial charge on any atom is -0.469 e. The number of aromatic nitrogens is 2. The molecule has 31 heavy (non-hydrogen) atoms. The number of benzene rings is 1. The molecule has 8 heteroatoms. The predicted octanol–water partition coefficient (Wildman–Crippen LogP) is 2.67. The average Bonchev–Trinajstić information content (AvgIpc) is 3.27. The first kappa shape index (κ1) is 21.5. The Hall–Kier alpha value is -2.74. The van der Waals surface area contributed by atoms with Crippen molar-refractivity contribution in [3.63, 3.8) is 0 Å². The van der Waals surface area contributed by atoms with Gasteiger partial charge >= 0.3 is 5.97 Å². The van der Waals surface area contributed by atoms with E-state index in [1.165, 1.54) is 12.7 Å². The van der Waals surface area contributed by atoms with Gasteiger partial charge in [0, 0.05) is 25.2 Å². The van der Waals surface area contributed by atoms with E-state index in [2.05, 4.69) is 15.0 Å². The fourth-order valence-electron chi connectivity index (χ4n) is 4.49. The zero-order valence-electron chi connectivity index (χ0n) is 18.2. The second-order valence-corrected chi connectivity index (χ2v) is 8.57. The van der Waals surface area contributed by atoms with Gasteiger partial charge in [0.15, 0.2) is 0 Å². The van der Waals surface area contributed by atoms with Crippen LogP contribution < -0.4 is 0 Å². The van der Waals surface area contributed by atoms with Crippen LogP contribution in [-0.4, -0.2) is 65.1 Å². The number of hydrogen-bond donors (Lipinski definition) is 0. The summed E-state index contributed by atoms with van der Waals surface area (Å²) in [6.45, 7) is 5.44. The summed E-state index contributed by atoms with van der Waals surface area (Å²) in [5.41, 5.74) is 2.12. The largest absolute Gasteiger partial charge is 0.469 e. The van der Waals surface area contributed by atoms with Crippen LogP contribution >= 0.6 is 0 Å². The second kappa shape index (κ2) is 9.60. The van der Waals surface area contributed by atoms with Gasteiger partial charge in [0.1, 0.15) is 0 Å². The lowest BCUT2D eigenvalue weighted by atomic mass is 9.93. The van der Waals surface area contributed by atoms with Crippen molar-refractivity contribution in [2.24, 2.45) is 11.8 Å². The molecule has 3 heterocycles. The molecule has 1 aromatic heterocycles. The molecular weight excluding hydrogens is 396 g/mol. The van der Waals surface area contributed by atoms with Crippen molar-refractivity contribution in [3.05, 3.63) is 35.7 Å². The van der Waals surface area contributed by atoms with E-state index in [0.29, 0.717) is 50.7 Å². The van der Waals surface area contributed by atoms with Gasteiger partial charge in [0.2, 0.25) is 17.6 Å². The van der Waals surface area contributed by atoms with Crippen LogP contribution in [0.2, 0.25) is 0 Å². The Morgan fingerprint density at radius 2 is 1.84 bits per heavy atom. The number of hydrogen-bond acceptors (Lipinski definition) is 7. The molecule has 0 saturated carbocycles. The molecule has 1 amide bonds. The van der Waals surface area contributed by atoms with Crippen LogP contribution in [0.1, 0.15) is 37.1 Å². The molecule has 2 aliphatic rings. The molecule has 166 valence electrons. The molecule has 1 aromatic carbocycles. The normalized spacial score (nSPS) is 20.6. The van der Waals surface area contributed by atoms with Crippen LogP contribution in [-0.2, 0) is 20.9 Å². The number of carbonyl (C=O) groups excluding carboxylic acids is 2. The Morgan fingerprint density at radius 1 is 1.10 bits per heavy atom. The van der Waals surface area contributed by atoms with E-state index in [9.17, 15) is 9.59 Å². The van der Waals surface area contributed by atoms with Gasteiger partial charge in [0.25, 0.3) is 0 Å². The van der Waals surface area contributed by atoms with E-state index in [0.717, 1.165) is 24.9 Å². The quantitative estimate of drug-likeness (QED) is 0.679. The number of nitrogens with zero attached hydrogens (tertiary/aromatic N) is 4. The maximum Gasteiger partial charge on any atom is 0.308 e. The van der Waals surface area contributed by atoms with E-state index in [4.69, 9.17) is 9.26 Å². The van der Waals surface area contributed by atoms with E-state index in [1.54, 1.807) is 0 Å². The van der Waals surface area contributed by atoms with Crippen molar-refractivity contribution in [2.45, 2.75) is 39.2 Å². The van der Waals surface area contributed by atoms with Crippen LogP contribution in [0.3, 0.4) is 0 Å². The molecule has 0 N–H and O–H groups in total. The number of ether oxygens (including phenoxy) is 1. The van der Waals surface area contributed by atoms with Crippen molar-refractivity contribution in [1.29, 1.82) is 0 Å². The van der Waals surface area contributed by atoms with E-state index < -0.39 is 0 Å². The summed E-state index contributed by atoms with van der Waals surface area (Å²) in [6.07, 6.45) is 3.22. The molecule has 0 radical (unpaired) electrons. The lowest BCUT2D eigenvalue weighted by Gasteiger charge is -2.37. The first-order valence-electron chi connectivity index (χ1n) is 11.0. The molecule has 1 unspecified atom stereocenters. The SMILES string of the molecule is COC(=O)C1CCN(C(=O)C2CCCN(Cc3nc(-c4ccc(C)cc4)no3)C2)CC1. The van der Waals surface area contributed by atoms with Crippen LogP contribution in [0.4, 0.5) is 0 Å². The van der Waals surface area contributed by atoms with Gasteiger partial charge in [0.05, 0.1) is 25.5 Å². The summed E-state index contributed by atoms with van der Waals surface area (Å²) < 4.78 is 10.3. The lowest BCUT2D eigenvalue weighted by Crippen LogP contribution is -2.47. The van der Waals surface area contributed by atoms with E-state index >= 15 is 0 Å². The Bertz CT molecular complexity index is 903. The number of carbonyl (C=O) groups is 2. The van der Waals surface area contributed by atoms with Crippen molar-refractivity contribution in [3.8, 4) is 11.4 Å². The first-order chi connectivity index (χ1) is 15.0. The molecule has 2 aliphatic heterocycles. The highest BCUT2D eigenvalue weighted by atomic mass is 16.5. The van der Waals surface area contributed by atoms with Crippen LogP contribution in [0, 0.1) is 18.8 Å². The minimum absolute atomic E-state index is 0.0251. The van der Waals surface area contributed by atoms with Gasteiger partial charge in [-0.15, -0.1) is 0 Å². The number of rotatable bonds is 5. The lowest BCUT2D eigenvalue weighted by molar-refractivity contribution is -0.150. The zero-order chi connectivity index (χ0) is 21.8. The summed E-state index contributed by atoms with van der Waals surface area (Å²) in [7, 11) is 1.42. The highest BCUT2D eigenvalue weighted by Crippen LogP contribution is 2.25. The molecule has 1 atom stereocenters. The predicted molar refractivity (Wildman–Crippen MR) is 114 cm³/mol. The Labute approximate surface area is 182 Å². The number of amides is 1. The second-order valence-electron chi connectivity index (χ2n) is 8.57. The molecule has 0 spiro atoms. The molecule has 2 saturated heterocycles. The maximum atomic E-state index is 13.0. The zero-order valence-corrected chi connectivity index (χ0v) is 18.2. The third kappa shape index (κ3) is 5.12. The molecule has 0 bridgehead atoms. The number of methoxy groups -OCH3 is 1. The van der Waals surface area contributed by atoms with Gasteiger partial charge in [-0.2, -0.15) is 4.98 Å². The van der Waals surface area contributed by atoms with E-state index in [-0.39, 0.29) is 23.7 Å². The average molecular weight is 427 g/mol. The van der Waals surface area contributed by atoms with Gasteiger partial charge < -0.3 is 14.2 Å². The Balaban J connectivity index is 1.31. The highest BCUT2D eigenvalue weighted by molar-refractivity contribution is 5.80. The topological polar surface area (TPSA) is 88.8 Å². The first-order valence-corrected chi connectivity index (χ1v) is 11.0. The minimum atomic E-state index is -0.166. The number of esters is 1. The Morgan fingerprint density at radius 3 is 2.55 bits per heavy atom. The third-order valence-electron chi connectivity index (χ3n) is 6.33. The molecule has 2 fully saturated rings. The molecule has 4 rings (SSSR count). The van der Waals surface area contributed by atoms with Crippen molar-refractivity contribution >= 4 is 11.9 Å². The Kier molecular flexibility index (Phi) is 6.65. The van der Waals surface area contributed by atoms with E-state index in [1.807, 2.05) is 36.1 Å². The molecular formula is C23H30N4O4. The monoisotopic (exact) mass is 426 g/mol. The molecule has 2 aromatic rings. The standard InChI is InChI=1S/C23H30N4O4/c1-16-5-7-17(8-6-16)21-24-20(31-25-21)15-26-11-3-4-19(14-26)22(28)27-12-9-18(10-13-27)23(29)30-2/h5-8,18-19H,3-4,9-15H2,1-2H3. The third-order valence-corrected chi connectivity index (χ3v) is 6.33. The highest BCUT2D eigenvalue weighted by Gasteiger charge is 2.33. The van der Waals surface area contributed by atoms with Gasteiger partial charge in [-0.25, -0.2) is 0 Å². The van der Waals surface area contributed by atoms with Gasteiger partial charge in [-0.05, 0) is 39.2 Å². The number of piperidine rings is 2. The summed E-state index contributed by atoms with van der Waals surface area (Å²) in [5.74, 6) is 1.08. The maximum absolute atomic E-state index is 13.0. The van der Waals surface area contributed by atoms with Crippen molar-refractivity contribution in [1.82, 2.24) is 19.9 Å². The summed E-state index contributed by atoms with van der Waals surface area (Å²) >= 11 is 0. The fourth-order valence-corrected chi connectivity index (χ4v) is 4.49. The molecule has 0 aliphatic carbocycles. The summed E-state index contributed by atoms with van der Waals surface area (Å²) in [6, 6.07) is 8.03.